The predicted octanol–water partition coefficient (Wildman–Crippen LogP) is 2.15. The summed E-state index contributed by atoms with van der Waals surface area (Å²) in [5.41, 5.74) is 0.565. The van der Waals surface area contributed by atoms with Gasteiger partial charge < -0.3 is 5.11 Å². The summed E-state index contributed by atoms with van der Waals surface area (Å²) in [6.45, 7) is 3.33. The van der Waals surface area contributed by atoms with Crippen molar-refractivity contribution in [3.63, 3.8) is 0 Å². The molecule has 0 unspecified atom stereocenters. The molecule has 0 fully saturated rings. The van der Waals surface area contributed by atoms with E-state index in [0.29, 0.717) is 5.56 Å². The van der Waals surface area contributed by atoms with Crippen LogP contribution in [0, 0.1) is 0 Å². The molecular formula is C10H9NO3. The molecule has 0 spiro atoms. The summed E-state index contributed by atoms with van der Waals surface area (Å²) in [5.74, 6) is -0.311. The number of hydrogen-bond acceptors (Lipinski definition) is 2. The molecule has 0 saturated carbocycles. The first kappa shape index (κ1) is 9.98. The van der Waals surface area contributed by atoms with Crippen LogP contribution in [0.15, 0.2) is 36.9 Å². The van der Waals surface area contributed by atoms with Gasteiger partial charge in [-0.05, 0) is 18.2 Å². The molecule has 0 aliphatic carbocycles. The number of hydrogen-bond donors (Lipinski definition) is 2. The Morgan fingerprint density at radius 2 is 2.00 bits per heavy atom. The lowest BCUT2D eigenvalue weighted by Gasteiger charge is -2.05. The molecule has 0 aliphatic rings. The lowest BCUT2D eigenvalue weighted by molar-refractivity contribution is 0.104. The van der Waals surface area contributed by atoms with Crippen LogP contribution >= 0.6 is 0 Å². The molecule has 4 nitrogen and oxygen atoms in total. The summed E-state index contributed by atoms with van der Waals surface area (Å²) in [4.78, 5) is 21.6. The van der Waals surface area contributed by atoms with Crippen LogP contribution in [0.25, 0.3) is 0 Å². The van der Waals surface area contributed by atoms with Crippen molar-refractivity contribution < 1.29 is 14.7 Å². The van der Waals surface area contributed by atoms with Gasteiger partial charge in [-0.25, -0.2) is 4.79 Å². The predicted molar refractivity (Wildman–Crippen MR) is 52.6 cm³/mol. The van der Waals surface area contributed by atoms with Crippen molar-refractivity contribution in [2.75, 3.05) is 5.32 Å². The van der Waals surface area contributed by atoms with E-state index >= 15 is 0 Å². The summed E-state index contributed by atoms with van der Waals surface area (Å²) in [6.07, 6.45) is -0.0585. The Hall–Kier alpha value is -2.10. The van der Waals surface area contributed by atoms with E-state index in [2.05, 4.69) is 11.9 Å². The van der Waals surface area contributed by atoms with Crippen molar-refractivity contribution >= 4 is 17.6 Å². The normalized spacial score (nSPS) is 9.14. The number of rotatable bonds is 3. The average molecular weight is 191 g/mol. The summed E-state index contributed by atoms with van der Waals surface area (Å²) in [6, 6.07) is 6.36. The van der Waals surface area contributed by atoms with Gasteiger partial charge in [-0.2, -0.15) is 0 Å². The number of carboxylic acid groups (broad SMARTS) is 1. The molecule has 0 heterocycles. The molecule has 4 heteroatoms. The Morgan fingerprint density at radius 3 is 2.57 bits per heavy atom. The van der Waals surface area contributed by atoms with Gasteiger partial charge in [0.1, 0.15) is 0 Å². The maximum atomic E-state index is 11.3. The molecule has 0 atom stereocenters. The average Bonchev–Trinajstić information content (AvgIpc) is 2.16. The van der Waals surface area contributed by atoms with Crippen LogP contribution in [0.2, 0.25) is 0 Å². The van der Waals surface area contributed by atoms with Crippen LogP contribution in [0.1, 0.15) is 10.4 Å². The van der Waals surface area contributed by atoms with E-state index in [1.165, 1.54) is 12.1 Å². The van der Waals surface area contributed by atoms with Crippen LogP contribution in [0.3, 0.4) is 0 Å². The molecule has 2 N–H and O–H groups in total. The highest BCUT2D eigenvalue weighted by molar-refractivity contribution is 6.09. The minimum atomic E-state index is -1.20. The largest absolute Gasteiger partial charge is 0.465 e. The zero-order chi connectivity index (χ0) is 10.6. The molecule has 72 valence electrons. The Balaban J connectivity index is 3.08. The van der Waals surface area contributed by atoms with Gasteiger partial charge in [0.2, 0.25) is 0 Å². The highest BCUT2D eigenvalue weighted by Crippen LogP contribution is 2.15. The molecule has 1 aromatic carbocycles. The third-order valence-electron chi connectivity index (χ3n) is 1.62. The fraction of sp³-hybridized carbons (Fsp3) is 0. The molecule has 0 bridgehead atoms. The zero-order valence-electron chi connectivity index (χ0n) is 7.36. The second-order valence-electron chi connectivity index (χ2n) is 2.54. The number of ketones is 1. The fourth-order valence-corrected chi connectivity index (χ4v) is 1.03. The number of nitrogens with one attached hydrogen (secondary N) is 1. The van der Waals surface area contributed by atoms with E-state index in [-0.39, 0.29) is 11.5 Å². The SMILES string of the molecule is C=CC(=O)c1ccccc1NC(=O)O. The number of allylic oxidation sites excluding steroid dienone is 1. The quantitative estimate of drug-likeness (QED) is 0.568. The Morgan fingerprint density at radius 1 is 1.36 bits per heavy atom. The topological polar surface area (TPSA) is 66.4 Å². The zero-order valence-corrected chi connectivity index (χ0v) is 7.36. The second-order valence-corrected chi connectivity index (χ2v) is 2.54. The highest BCUT2D eigenvalue weighted by Gasteiger charge is 2.08. The van der Waals surface area contributed by atoms with Crippen molar-refractivity contribution in [3.05, 3.63) is 42.5 Å². The molecule has 0 saturated heterocycles. The van der Waals surface area contributed by atoms with Crippen molar-refractivity contribution in [2.24, 2.45) is 0 Å². The van der Waals surface area contributed by atoms with Crippen molar-refractivity contribution in [3.8, 4) is 0 Å². The van der Waals surface area contributed by atoms with Gasteiger partial charge in [0.25, 0.3) is 0 Å². The summed E-state index contributed by atoms with van der Waals surface area (Å²) < 4.78 is 0. The van der Waals surface area contributed by atoms with Gasteiger partial charge in [-0.15, -0.1) is 0 Å². The molecule has 1 amide bonds. The van der Waals surface area contributed by atoms with Crippen molar-refractivity contribution in [1.82, 2.24) is 0 Å². The standard InChI is InChI=1S/C10H9NO3/c1-2-9(12)7-5-3-4-6-8(7)11-10(13)14/h2-6,11H,1H2,(H,13,14). The molecule has 0 radical (unpaired) electrons. The highest BCUT2D eigenvalue weighted by atomic mass is 16.4. The Labute approximate surface area is 80.9 Å². The van der Waals surface area contributed by atoms with Crippen LogP contribution < -0.4 is 5.32 Å². The monoisotopic (exact) mass is 191 g/mol. The number of carbonyl (C=O) groups is 2. The minimum absolute atomic E-state index is 0.268. The van der Waals surface area contributed by atoms with Gasteiger partial charge in [-0.1, -0.05) is 18.7 Å². The van der Waals surface area contributed by atoms with E-state index in [1.54, 1.807) is 12.1 Å². The molecule has 0 aliphatic heterocycles. The lowest BCUT2D eigenvalue weighted by Crippen LogP contribution is -2.10. The number of benzene rings is 1. The lowest BCUT2D eigenvalue weighted by atomic mass is 10.1. The number of para-hydroxylation sites is 1. The minimum Gasteiger partial charge on any atom is -0.465 e. The maximum Gasteiger partial charge on any atom is 0.409 e. The van der Waals surface area contributed by atoms with Gasteiger partial charge in [-0.3, -0.25) is 10.1 Å². The van der Waals surface area contributed by atoms with E-state index in [1.807, 2.05) is 0 Å². The van der Waals surface area contributed by atoms with Crippen LogP contribution in [-0.4, -0.2) is 17.0 Å². The summed E-state index contributed by atoms with van der Waals surface area (Å²) >= 11 is 0. The van der Waals surface area contributed by atoms with E-state index in [0.717, 1.165) is 6.08 Å². The van der Waals surface area contributed by atoms with Gasteiger partial charge in [0.15, 0.2) is 5.78 Å². The first-order valence-corrected chi connectivity index (χ1v) is 3.91. The fourth-order valence-electron chi connectivity index (χ4n) is 1.03. The number of amides is 1. The smallest absolute Gasteiger partial charge is 0.409 e. The van der Waals surface area contributed by atoms with E-state index < -0.39 is 6.09 Å². The molecule has 1 aromatic rings. The second kappa shape index (κ2) is 4.23. The Kier molecular flexibility index (Phi) is 3.01. The van der Waals surface area contributed by atoms with Gasteiger partial charge >= 0.3 is 6.09 Å². The van der Waals surface area contributed by atoms with Crippen LogP contribution in [-0.2, 0) is 0 Å². The third kappa shape index (κ3) is 2.20. The number of anilines is 1. The van der Waals surface area contributed by atoms with Crippen LogP contribution in [0.4, 0.5) is 10.5 Å². The summed E-state index contributed by atoms with van der Waals surface area (Å²) in [7, 11) is 0. The van der Waals surface area contributed by atoms with Crippen molar-refractivity contribution in [1.29, 1.82) is 0 Å². The van der Waals surface area contributed by atoms with E-state index in [9.17, 15) is 9.59 Å². The van der Waals surface area contributed by atoms with Gasteiger partial charge in [0, 0.05) is 5.56 Å². The third-order valence-corrected chi connectivity index (χ3v) is 1.62. The number of carbonyl (C=O) groups excluding carboxylic acids is 1. The molecular weight excluding hydrogens is 182 g/mol. The van der Waals surface area contributed by atoms with Crippen molar-refractivity contribution in [2.45, 2.75) is 0 Å². The first-order valence-electron chi connectivity index (χ1n) is 3.91. The molecule has 14 heavy (non-hydrogen) atoms. The molecule has 1 rings (SSSR count). The first-order chi connectivity index (χ1) is 6.65. The maximum absolute atomic E-state index is 11.3. The molecule has 0 aromatic heterocycles. The van der Waals surface area contributed by atoms with Crippen LogP contribution in [0.5, 0.6) is 0 Å². The summed E-state index contributed by atoms with van der Waals surface area (Å²) in [5, 5.41) is 10.6. The van der Waals surface area contributed by atoms with Gasteiger partial charge in [0.05, 0.1) is 5.69 Å². The van der Waals surface area contributed by atoms with E-state index in [4.69, 9.17) is 5.11 Å². The Bertz CT molecular complexity index is 385.